The second-order valence-corrected chi connectivity index (χ2v) is 2.38. The molecule has 0 saturated heterocycles. The van der Waals surface area contributed by atoms with Crippen molar-refractivity contribution in [2.75, 3.05) is 0 Å². The van der Waals surface area contributed by atoms with Crippen LogP contribution in [-0.2, 0) is 4.79 Å². The summed E-state index contributed by atoms with van der Waals surface area (Å²) in [7, 11) is 0. The largest absolute Gasteiger partial charge is 0.480 e. The third-order valence-corrected chi connectivity index (χ3v) is 1.57. The Morgan fingerprint density at radius 3 is 2.92 bits per heavy atom. The van der Waals surface area contributed by atoms with Gasteiger partial charge in [-0.3, -0.25) is 4.68 Å². The standard InChI is InChI=1S/C7H9FN2O2/c1-2-5(7(11)12)10-4-3-6(8)9-10/h3-5H,2H2,1H3,(H,11,12). The summed E-state index contributed by atoms with van der Waals surface area (Å²) in [6.07, 6.45) is 1.70. The smallest absolute Gasteiger partial charge is 0.328 e. The molecule has 0 aliphatic carbocycles. The monoisotopic (exact) mass is 172 g/mol. The molecule has 0 fully saturated rings. The summed E-state index contributed by atoms with van der Waals surface area (Å²) in [5, 5.41) is 12.0. The number of halogens is 1. The number of carbonyl (C=O) groups is 1. The number of rotatable bonds is 3. The minimum atomic E-state index is -0.999. The van der Waals surface area contributed by atoms with Crippen molar-refractivity contribution in [2.45, 2.75) is 19.4 Å². The highest BCUT2D eigenvalue weighted by atomic mass is 19.1. The minimum Gasteiger partial charge on any atom is -0.480 e. The van der Waals surface area contributed by atoms with Gasteiger partial charge < -0.3 is 5.11 Å². The Morgan fingerprint density at radius 1 is 1.92 bits per heavy atom. The fourth-order valence-corrected chi connectivity index (χ4v) is 0.963. The van der Waals surface area contributed by atoms with Crippen molar-refractivity contribution in [2.24, 2.45) is 0 Å². The van der Waals surface area contributed by atoms with Crippen LogP contribution < -0.4 is 0 Å². The Kier molecular flexibility index (Phi) is 2.42. The zero-order chi connectivity index (χ0) is 9.14. The van der Waals surface area contributed by atoms with Crippen LogP contribution in [0.15, 0.2) is 12.3 Å². The van der Waals surface area contributed by atoms with Crippen molar-refractivity contribution in [1.82, 2.24) is 9.78 Å². The predicted octanol–water partition coefficient (Wildman–Crippen LogP) is 1.06. The lowest BCUT2D eigenvalue weighted by atomic mass is 10.2. The third-order valence-electron chi connectivity index (χ3n) is 1.57. The van der Waals surface area contributed by atoms with Gasteiger partial charge in [0, 0.05) is 12.3 Å². The van der Waals surface area contributed by atoms with Crippen LogP contribution in [0.4, 0.5) is 4.39 Å². The molecule has 0 aliphatic heterocycles. The van der Waals surface area contributed by atoms with Crippen molar-refractivity contribution in [3.8, 4) is 0 Å². The van der Waals surface area contributed by atoms with Gasteiger partial charge in [0.05, 0.1) is 0 Å². The molecule has 0 radical (unpaired) electrons. The first-order chi connectivity index (χ1) is 5.65. The summed E-state index contributed by atoms with van der Waals surface area (Å²) in [5.41, 5.74) is 0. The number of aromatic nitrogens is 2. The average Bonchev–Trinajstić information content (AvgIpc) is 2.37. The SMILES string of the molecule is CCC(C(=O)O)n1ccc(F)n1. The normalized spacial score (nSPS) is 12.8. The molecule has 4 nitrogen and oxygen atoms in total. The second-order valence-electron chi connectivity index (χ2n) is 2.38. The van der Waals surface area contributed by atoms with Crippen molar-refractivity contribution < 1.29 is 14.3 Å². The highest BCUT2D eigenvalue weighted by Crippen LogP contribution is 2.09. The first-order valence-corrected chi connectivity index (χ1v) is 3.58. The highest BCUT2D eigenvalue weighted by Gasteiger charge is 2.17. The fraction of sp³-hybridized carbons (Fsp3) is 0.429. The van der Waals surface area contributed by atoms with E-state index in [-0.39, 0.29) is 0 Å². The van der Waals surface area contributed by atoms with Crippen LogP contribution in [0.3, 0.4) is 0 Å². The number of carboxylic acids is 1. The molecule has 0 aliphatic rings. The van der Waals surface area contributed by atoms with Crippen LogP contribution >= 0.6 is 0 Å². The Morgan fingerprint density at radius 2 is 2.58 bits per heavy atom. The molecule has 1 unspecified atom stereocenters. The summed E-state index contributed by atoms with van der Waals surface area (Å²) >= 11 is 0. The Balaban J connectivity index is 2.87. The Bertz CT molecular complexity index is 285. The molecule has 1 N–H and O–H groups in total. The number of hydrogen-bond acceptors (Lipinski definition) is 2. The van der Waals surface area contributed by atoms with Crippen molar-refractivity contribution in [1.29, 1.82) is 0 Å². The van der Waals surface area contributed by atoms with E-state index in [1.807, 2.05) is 0 Å². The molecule has 5 heteroatoms. The van der Waals surface area contributed by atoms with Gasteiger partial charge in [0.2, 0.25) is 5.95 Å². The molecule has 1 aromatic heterocycles. The molecule has 0 amide bonds. The van der Waals surface area contributed by atoms with E-state index in [4.69, 9.17) is 5.11 Å². The molecule has 1 aromatic rings. The van der Waals surface area contributed by atoms with E-state index >= 15 is 0 Å². The molecule has 66 valence electrons. The van der Waals surface area contributed by atoms with Gasteiger partial charge in [-0.05, 0) is 6.42 Å². The summed E-state index contributed by atoms with van der Waals surface area (Å²) in [6.45, 7) is 1.71. The maximum Gasteiger partial charge on any atom is 0.328 e. The quantitative estimate of drug-likeness (QED) is 0.741. The van der Waals surface area contributed by atoms with Crippen molar-refractivity contribution in [3.05, 3.63) is 18.2 Å². The van der Waals surface area contributed by atoms with Gasteiger partial charge in [-0.25, -0.2) is 4.79 Å². The van der Waals surface area contributed by atoms with Crippen LogP contribution in [0.1, 0.15) is 19.4 Å². The van der Waals surface area contributed by atoms with Gasteiger partial charge in [-0.1, -0.05) is 6.92 Å². The summed E-state index contributed by atoms with van der Waals surface area (Å²) < 4.78 is 13.5. The molecular formula is C7H9FN2O2. The molecular weight excluding hydrogens is 163 g/mol. The van der Waals surface area contributed by atoms with E-state index in [0.29, 0.717) is 6.42 Å². The van der Waals surface area contributed by atoms with E-state index in [9.17, 15) is 9.18 Å². The van der Waals surface area contributed by atoms with Crippen LogP contribution in [-0.4, -0.2) is 20.9 Å². The Labute approximate surface area is 68.6 Å². The molecule has 0 bridgehead atoms. The van der Waals surface area contributed by atoms with Gasteiger partial charge in [0.25, 0.3) is 0 Å². The van der Waals surface area contributed by atoms with Crippen LogP contribution in [0, 0.1) is 5.95 Å². The van der Waals surface area contributed by atoms with Gasteiger partial charge in [-0.15, -0.1) is 5.10 Å². The van der Waals surface area contributed by atoms with Gasteiger partial charge in [0.1, 0.15) is 6.04 Å². The first kappa shape index (κ1) is 8.70. The topological polar surface area (TPSA) is 55.1 Å². The number of aliphatic carboxylic acids is 1. The molecule has 12 heavy (non-hydrogen) atoms. The fourth-order valence-electron chi connectivity index (χ4n) is 0.963. The van der Waals surface area contributed by atoms with Crippen molar-refractivity contribution in [3.63, 3.8) is 0 Å². The van der Waals surface area contributed by atoms with Crippen molar-refractivity contribution >= 4 is 5.97 Å². The summed E-state index contributed by atoms with van der Waals surface area (Å²) in [5.74, 6) is -1.66. The summed E-state index contributed by atoms with van der Waals surface area (Å²) in [4.78, 5) is 10.6. The number of nitrogens with zero attached hydrogens (tertiary/aromatic N) is 2. The van der Waals surface area contributed by atoms with E-state index < -0.39 is 18.0 Å². The van der Waals surface area contributed by atoms with Crippen LogP contribution in [0.25, 0.3) is 0 Å². The zero-order valence-electron chi connectivity index (χ0n) is 6.57. The average molecular weight is 172 g/mol. The summed E-state index contributed by atoms with van der Waals surface area (Å²) in [6, 6.07) is 0.362. The lowest BCUT2D eigenvalue weighted by Crippen LogP contribution is -2.18. The molecule has 0 saturated carbocycles. The minimum absolute atomic E-state index is 0.385. The van der Waals surface area contributed by atoms with E-state index in [2.05, 4.69) is 5.10 Å². The number of hydrogen-bond donors (Lipinski definition) is 1. The highest BCUT2D eigenvalue weighted by molar-refractivity contribution is 5.71. The molecule has 1 heterocycles. The van der Waals surface area contributed by atoms with E-state index in [0.717, 1.165) is 10.7 Å². The molecule has 1 rings (SSSR count). The molecule has 0 spiro atoms. The van der Waals surface area contributed by atoms with E-state index in [1.54, 1.807) is 6.92 Å². The van der Waals surface area contributed by atoms with Gasteiger partial charge >= 0.3 is 5.97 Å². The predicted molar refractivity (Wildman–Crippen MR) is 39.1 cm³/mol. The van der Waals surface area contributed by atoms with Gasteiger partial charge in [0.15, 0.2) is 0 Å². The molecule has 1 atom stereocenters. The lowest BCUT2D eigenvalue weighted by molar-refractivity contribution is -0.141. The Hall–Kier alpha value is -1.39. The van der Waals surface area contributed by atoms with Crippen LogP contribution in [0.5, 0.6) is 0 Å². The first-order valence-electron chi connectivity index (χ1n) is 3.58. The second kappa shape index (κ2) is 3.34. The maximum absolute atomic E-state index is 12.4. The number of carboxylic acid groups (broad SMARTS) is 1. The van der Waals surface area contributed by atoms with Crippen LogP contribution in [0.2, 0.25) is 0 Å². The van der Waals surface area contributed by atoms with Gasteiger partial charge in [-0.2, -0.15) is 4.39 Å². The lowest BCUT2D eigenvalue weighted by Gasteiger charge is -2.08. The maximum atomic E-state index is 12.4. The third kappa shape index (κ3) is 1.61. The van der Waals surface area contributed by atoms with E-state index in [1.165, 1.54) is 6.20 Å². The molecule has 0 aromatic carbocycles. The zero-order valence-corrected chi connectivity index (χ0v) is 6.57.